The lowest BCUT2D eigenvalue weighted by atomic mass is 9.98. The number of hydrazine groups is 1. The van der Waals surface area contributed by atoms with Crippen LogP contribution in [0.4, 0.5) is 9.59 Å². The Morgan fingerprint density at radius 2 is 1.48 bits per heavy atom. The number of urea groups is 1. The van der Waals surface area contributed by atoms with Gasteiger partial charge in [-0.1, -0.05) is 60.7 Å². The first-order valence-electron chi connectivity index (χ1n) is 13.0. The van der Waals surface area contributed by atoms with Crippen LogP contribution in [0, 0.1) is 0 Å². The van der Waals surface area contributed by atoms with Crippen LogP contribution < -0.4 is 26.2 Å². The van der Waals surface area contributed by atoms with Crippen molar-refractivity contribution in [3.63, 3.8) is 0 Å². The van der Waals surface area contributed by atoms with Crippen molar-refractivity contribution < 1.29 is 29.0 Å². The minimum Gasteiger partial charge on any atom is -0.488 e. The highest BCUT2D eigenvalue weighted by atomic mass is 16.6. The van der Waals surface area contributed by atoms with E-state index in [0.29, 0.717) is 5.75 Å². The maximum atomic E-state index is 12.5. The zero-order valence-corrected chi connectivity index (χ0v) is 22.7. The number of aliphatic hydroxyl groups excluding tert-OH is 1. The fraction of sp³-hybridized carbons (Fsp3) is 0.300. The summed E-state index contributed by atoms with van der Waals surface area (Å²) >= 11 is 0. The number of hydrogen-bond donors (Lipinski definition) is 5. The molecule has 0 aliphatic heterocycles. The van der Waals surface area contributed by atoms with E-state index < -0.39 is 30.8 Å². The van der Waals surface area contributed by atoms with Crippen LogP contribution in [0.5, 0.6) is 5.75 Å². The van der Waals surface area contributed by atoms with Crippen LogP contribution in [0.2, 0.25) is 0 Å². The molecule has 0 saturated carbocycles. The normalized spacial score (nSPS) is 12.9. The van der Waals surface area contributed by atoms with E-state index in [1.54, 1.807) is 24.3 Å². The SMILES string of the molecule is CC(C)(C)Oc1ccc(CC(NC(=O)NNC(=O)OCC2c3ccccc3-c3ccccc32)C(=O)NCO)cc1. The van der Waals surface area contributed by atoms with Gasteiger partial charge in [0.2, 0.25) is 5.91 Å². The highest BCUT2D eigenvalue weighted by Crippen LogP contribution is 2.44. The number of rotatable bonds is 8. The summed E-state index contributed by atoms with van der Waals surface area (Å²) in [6, 6.07) is 21.2. The number of hydrogen-bond acceptors (Lipinski definition) is 6. The Hall–Kier alpha value is -4.57. The summed E-state index contributed by atoms with van der Waals surface area (Å²) in [7, 11) is 0. The molecule has 0 saturated heterocycles. The van der Waals surface area contributed by atoms with Crippen LogP contribution in [0.25, 0.3) is 11.1 Å². The van der Waals surface area contributed by atoms with Gasteiger partial charge in [-0.3, -0.25) is 4.79 Å². The van der Waals surface area contributed by atoms with E-state index in [4.69, 9.17) is 14.6 Å². The summed E-state index contributed by atoms with van der Waals surface area (Å²) in [5.41, 5.74) is 9.15. The van der Waals surface area contributed by atoms with Crippen LogP contribution in [0.3, 0.4) is 0 Å². The molecular formula is C30H34N4O6. The lowest BCUT2D eigenvalue weighted by molar-refractivity contribution is -0.124. The quantitative estimate of drug-likeness (QED) is 0.216. The Balaban J connectivity index is 1.30. The van der Waals surface area contributed by atoms with E-state index in [1.807, 2.05) is 69.3 Å². The summed E-state index contributed by atoms with van der Waals surface area (Å²) in [5.74, 6) is -0.0434. The standard InChI is InChI=1S/C30H34N4O6/c1-30(2,3)40-20-14-12-19(13-15-20)16-26(27(36)31-18-35)32-28(37)33-34-29(38)39-17-25-23-10-6-4-8-21(23)22-9-5-7-11-24(22)25/h4-15,25-26,35H,16-18H2,1-3H3,(H,31,36)(H,34,38)(H2,32,33,37). The average molecular weight is 547 g/mol. The molecule has 1 unspecified atom stereocenters. The van der Waals surface area contributed by atoms with Gasteiger partial charge in [-0.25, -0.2) is 20.4 Å². The van der Waals surface area contributed by atoms with Crippen LogP contribution in [0.1, 0.15) is 43.4 Å². The number of carbonyl (C=O) groups is 3. The largest absolute Gasteiger partial charge is 0.488 e. The van der Waals surface area contributed by atoms with Crippen molar-refractivity contribution in [3.8, 4) is 16.9 Å². The molecule has 0 aromatic heterocycles. The van der Waals surface area contributed by atoms with E-state index in [1.165, 1.54) is 0 Å². The molecule has 0 heterocycles. The number of ether oxygens (including phenoxy) is 2. The summed E-state index contributed by atoms with van der Waals surface area (Å²) in [5, 5.41) is 13.9. The van der Waals surface area contributed by atoms with Crippen molar-refractivity contribution in [1.82, 2.24) is 21.5 Å². The Labute approximate surface area is 233 Å². The summed E-state index contributed by atoms with van der Waals surface area (Å²) in [6.07, 6.45) is -0.706. The number of carbonyl (C=O) groups excluding carboxylic acids is 3. The molecule has 10 heteroatoms. The van der Waals surface area contributed by atoms with Gasteiger partial charge >= 0.3 is 12.1 Å². The molecule has 5 N–H and O–H groups in total. The van der Waals surface area contributed by atoms with Crippen molar-refractivity contribution >= 4 is 18.0 Å². The molecular weight excluding hydrogens is 512 g/mol. The Bertz CT molecular complexity index is 1310. The first-order chi connectivity index (χ1) is 19.1. The molecule has 3 aromatic carbocycles. The van der Waals surface area contributed by atoms with E-state index in [-0.39, 0.29) is 24.5 Å². The third kappa shape index (κ3) is 7.29. The lowest BCUT2D eigenvalue weighted by Gasteiger charge is -2.22. The third-order valence-corrected chi connectivity index (χ3v) is 6.28. The Kier molecular flexibility index (Phi) is 8.90. The zero-order chi connectivity index (χ0) is 28.7. The van der Waals surface area contributed by atoms with Crippen molar-refractivity contribution in [2.45, 2.75) is 44.8 Å². The minimum absolute atomic E-state index is 0.0829. The van der Waals surface area contributed by atoms with Crippen molar-refractivity contribution in [3.05, 3.63) is 89.5 Å². The molecule has 0 bridgehead atoms. The highest BCUT2D eigenvalue weighted by Gasteiger charge is 2.29. The topological polar surface area (TPSA) is 138 Å². The number of aliphatic hydroxyl groups is 1. The van der Waals surface area contributed by atoms with Gasteiger partial charge < -0.3 is 25.2 Å². The van der Waals surface area contributed by atoms with Gasteiger partial charge in [0.1, 0.15) is 30.7 Å². The van der Waals surface area contributed by atoms with E-state index in [9.17, 15) is 14.4 Å². The monoisotopic (exact) mass is 546 g/mol. The molecule has 1 aliphatic rings. The Morgan fingerprint density at radius 1 is 0.875 bits per heavy atom. The molecule has 1 aliphatic carbocycles. The van der Waals surface area contributed by atoms with Gasteiger partial charge in [0, 0.05) is 12.3 Å². The van der Waals surface area contributed by atoms with E-state index >= 15 is 0 Å². The van der Waals surface area contributed by atoms with Gasteiger partial charge in [0.05, 0.1) is 0 Å². The maximum absolute atomic E-state index is 12.5. The van der Waals surface area contributed by atoms with Crippen molar-refractivity contribution in [2.24, 2.45) is 0 Å². The lowest BCUT2D eigenvalue weighted by Crippen LogP contribution is -2.54. The van der Waals surface area contributed by atoms with Crippen LogP contribution in [-0.2, 0) is 16.0 Å². The zero-order valence-electron chi connectivity index (χ0n) is 22.7. The average Bonchev–Trinajstić information content (AvgIpc) is 3.24. The predicted octanol–water partition coefficient (Wildman–Crippen LogP) is 3.59. The van der Waals surface area contributed by atoms with Crippen molar-refractivity contribution in [1.29, 1.82) is 0 Å². The van der Waals surface area contributed by atoms with Gasteiger partial charge in [-0.2, -0.15) is 0 Å². The molecule has 1 atom stereocenters. The molecule has 3 aromatic rings. The molecule has 10 nitrogen and oxygen atoms in total. The molecule has 4 rings (SSSR count). The van der Waals surface area contributed by atoms with Gasteiger partial charge in [-0.15, -0.1) is 0 Å². The highest BCUT2D eigenvalue weighted by molar-refractivity contribution is 5.87. The van der Waals surface area contributed by atoms with Gasteiger partial charge in [0.15, 0.2) is 0 Å². The number of benzene rings is 3. The van der Waals surface area contributed by atoms with E-state index in [0.717, 1.165) is 27.8 Å². The second-order valence-corrected chi connectivity index (χ2v) is 10.4. The first-order valence-corrected chi connectivity index (χ1v) is 13.0. The van der Waals surface area contributed by atoms with Crippen LogP contribution in [0.15, 0.2) is 72.8 Å². The summed E-state index contributed by atoms with van der Waals surface area (Å²) in [4.78, 5) is 37.3. The van der Waals surface area contributed by atoms with Gasteiger partial charge in [0.25, 0.3) is 0 Å². The number of nitrogens with one attached hydrogen (secondary N) is 4. The summed E-state index contributed by atoms with van der Waals surface area (Å²) in [6.45, 7) is 5.31. The second kappa shape index (κ2) is 12.5. The molecule has 0 spiro atoms. The number of amides is 4. The predicted molar refractivity (Wildman–Crippen MR) is 149 cm³/mol. The second-order valence-electron chi connectivity index (χ2n) is 10.4. The fourth-order valence-corrected chi connectivity index (χ4v) is 4.63. The van der Waals surface area contributed by atoms with Crippen LogP contribution >= 0.6 is 0 Å². The third-order valence-electron chi connectivity index (χ3n) is 6.28. The van der Waals surface area contributed by atoms with Crippen LogP contribution in [-0.4, -0.2) is 48.1 Å². The first kappa shape index (κ1) is 28.4. The molecule has 0 radical (unpaired) electrons. The fourth-order valence-electron chi connectivity index (χ4n) is 4.63. The summed E-state index contributed by atoms with van der Waals surface area (Å²) < 4.78 is 11.2. The smallest absolute Gasteiger partial charge is 0.426 e. The maximum Gasteiger partial charge on any atom is 0.426 e. The molecule has 0 fully saturated rings. The molecule has 40 heavy (non-hydrogen) atoms. The number of fused-ring (bicyclic) bond motifs is 3. The van der Waals surface area contributed by atoms with E-state index in [2.05, 4.69) is 21.5 Å². The Morgan fingerprint density at radius 3 is 2.05 bits per heavy atom. The minimum atomic E-state index is -1.02. The molecule has 4 amide bonds. The van der Waals surface area contributed by atoms with Crippen molar-refractivity contribution in [2.75, 3.05) is 13.3 Å². The molecule has 210 valence electrons. The van der Waals surface area contributed by atoms with Gasteiger partial charge in [-0.05, 0) is 60.7 Å².